The van der Waals surface area contributed by atoms with Crippen LogP contribution in [0.5, 0.6) is 5.75 Å². The first-order valence-electron chi connectivity index (χ1n) is 13.9. The van der Waals surface area contributed by atoms with E-state index < -0.39 is 61.9 Å². The van der Waals surface area contributed by atoms with Crippen LogP contribution >= 0.6 is 11.8 Å². The minimum absolute atomic E-state index is 0.140. The molecule has 3 aromatic carbocycles. The van der Waals surface area contributed by atoms with Crippen molar-refractivity contribution >= 4 is 52.1 Å². The van der Waals surface area contributed by atoms with Gasteiger partial charge in [0.15, 0.2) is 5.17 Å². The predicted octanol–water partition coefficient (Wildman–Crippen LogP) is 5.60. The first-order valence-corrected chi connectivity index (χ1v) is 14.9. The number of benzene rings is 3. The molecule has 47 heavy (non-hydrogen) atoms. The topological polar surface area (TPSA) is 185 Å². The molecule has 1 aliphatic heterocycles. The van der Waals surface area contributed by atoms with Gasteiger partial charge < -0.3 is 10.4 Å². The van der Waals surface area contributed by atoms with Gasteiger partial charge in [0, 0.05) is 17.3 Å². The second kappa shape index (κ2) is 15.2. The minimum atomic E-state index is -1.09. The smallest absolute Gasteiger partial charge is 0.318 e. The maximum atomic E-state index is 13.8. The Labute approximate surface area is 272 Å². The van der Waals surface area contributed by atoms with Crippen LogP contribution in [0.25, 0.3) is 6.08 Å². The van der Waals surface area contributed by atoms with Crippen molar-refractivity contribution in [2.45, 2.75) is 13.0 Å². The van der Waals surface area contributed by atoms with Gasteiger partial charge in [0.25, 0.3) is 17.5 Å². The van der Waals surface area contributed by atoms with E-state index in [4.69, 9.17) is 0 Å². The maximum Gasteiger partial charge on any atom is 0.318 e. The van der Waals surface area contributed by atoms with Crippen LogP contribution in [-0.2, 0) is 14.4 Å². The first-order chi connectivity index (χ1) is 22.5. The zero-order valence-corrected chi connectivity index (χ0v) is 25.6. The highest BCUT2D eigenvalue weighted by atomic mass is 32.2. The number of rotatable bonds is 11. The predicted molar refractivity (Wildman–Crippen MR) is 177 cm³/mol. The Morgan fingerprint density at radius 3 is 2.19 bits per heavy atom. The van der Waals surface area contributed by atoms with E-state index in [-0.39, 0.29) is 16.6 Å². The number of phenols is 1. The number of carbonyl (C=O) groups excluding carboxylic acids is 3. The number of amides is 3. The zero-order chi connectivity index (χ0) is 34.1. The van der Waals surface area contributed by atoms with Crippen LogP contribution in [0.3, 0.4) is 0 Å². The van der Waals surface area contributed by atoms with Crippen LogP contribution in [0, 0.1) is 20.2 Å². The normalized spacial score (nSPS) is 14.4. The third kappa shape index (κ3) is 7.93. The molecule has 238 valence electrons. The summed E-state index contributed by atoms with van der Waals surface area (Å²) in [6.07, 6.45) is 6.82. The molecule has 1 aliphatic rings. The van der Waals surface area contributed by atoms with Crippen LogP contribution in [0.4, 0.5) is 11.4 Å². The molecule has 0 spiro atoms. The van der Waals surface area contributed by atoms with E-state index in [1.54, 1.807) is 6.92 Å². The Morgan fingerprint density at radius 2 is 1.66 bits per heavy atom. The number of hydrogen-bond acceptors (Lipinski definition) is 9. The molecule has 0 bridgehead atoms. The maximum absolute atomic E-state index is 13.8. The fraction of sp³-hybridized carbons (Fsp3) is 0.0909. The van der Waals surface area contributed by atoms with Crippen molar-refractivity contribution in [3.8, 4) is 5.75 Å². The van der Waals surface area contributed by atoms with Gasteiger partial charge in [0.05, 0.1) is 27.7 Å². The lowest BCUT2D eigenvalue weighted by Crippen LogP contribution is -2.42. The van der Waals surface area contributed by atoms with Gasteiger partial charge in [-0.25, -0.2) is 0 Å². The monoisotopic (exact) mass is 653 g/mol. The van der Waals surface area contributed by atoms with E-state index in [9.17, 15) is 39.7 Å². The van der Waals surface area contributed by atoms with Gasteiger partial charge in [-0.05, 0) is 30.2 Å². The van der Waals surface area contributed by atoms with E-state index in [0.29, 0.717) is 6.07 Å². The zero-order valence-electron chi connectivity index (χ0n) is 24.8. The average Bonchev–Trinajstić information content (AvgIpc) is 3.06. The van der Waals surface area contributed by atoms with Crippen LogP contribution in [0.1, 0.15) is 29.7 Å². The van der Waals surface area contributed by atoms with Crippen LogP contribution in [0.2, 0.25) is 0 Å². The number of nitro benzene ring substituents is 2. The highest BCUT2D eigenvalue weighted by molar-refractivity contribution is 8.14. The SMILES string of the molecule is C=C/C=C\C(=C/C)N1C(=O)/C(=C/c2cc([N+](=O)[O-])cc([N+](=O)[O-])c2O)C(=O)N=C1SCC(=O)NC(c1ccccc1)c1ccccc1. The van der Waals surface area contributed by atoms with Crippen LogP contribution in [0.15, 0.2) is 120 Å². The van der Waals surface area contributed by atoms with Crippen molar-refractivity contribution < 1.29 is 29.3 Å². The lowest BCUT2D eigenvalue weighted by Gasteiger charge is -2.28. The summed E-state index contributed by atoms with van der Waals surface area (Å²) >= 11 is 0.821. The van der Waals surface area contributed by atoms with Crippen molar-refractivity contribution in [2.24, 2.45) is 4.99 Å². The summed E-state index contributed by atoms with van der Waals surface area (Å²) in [5.74, 6) is -3.68. The number of aromatic hydroxyl groups is 1. The van der Waals surface area contributed by atoms with Crippen molar-refractivity contribution in [1.29, 1.82) is 0 Å². The van der Waals surface area contributed by atoms with Crippen molar-refractivity contribution in [3.63, 3.8) is 0 Å². The van der Waals surface area contributed by atoms with Gasteiger partial charge in [0.1, 0.15) is 5.57 Å². The lowest BCUT2D eigenvalue weighted by molar-refractivity contribution is -0.394. The molecule has 0 atom stereocenters. The average molecular weight is 654 g/mol. The molecule has 0 saturated heterocycles. The van der Waals surface area contributed by atoms with Crippen molar-refractivity contribution in [2.75, 3.05) is 5.75 Å². The van der Waals surface area contributed by atoms with E-state index >= 15 is 0 Å². The van der Waals surface area contributed by atoms with Gasteiger partial charge in [-0.2, -0.15) is 4.99 Å². The molecule has 0 radical (unpaired) electrons. The van der Waals surface area contributed by atoms with E-state index in [1.807, 2.05) is 60.7 Å². The summed E-state index contributed by atoms with van der Waals surface area (Å²) in [6.45, 7) is 5.23. The molecule has 3 aromatic rings. The van der Waals surface area contributed by atoms with E-state index in [1.165, 1.54) is 24.3 Å². The standard InChI is InChI=1S/C33H27N5O8S/c1-3-5-16-24(4-2)36-32(42)26(18-23-17-25(37(43)44)19-27(30(23)40)38(45)46)31(41)35-33(36)47-20-28(39)34-29(21-12-8-6-9-13-21)22-14-10-7-11-15-22/h3-19,29,40H,1,20H2,2H3,(H,34,39)/b16-5-,24-4+,26-18+. The highest BCUT2D eigenvalue weighted by Gasteiger charge is 2.36. The molecule has 13 nitrogen and oxygen atoms in total. The number of hydrogen-bond donors (Lipinski definition) is 2. The first kappa shape index (κ1) is 33.7. The summed E-state index contributed by atoms with van der Waals surface area (Å²) in [6, 6.07) is 19.5. The van der Waals surface area contributed by atoms with Gasteiger partial charge in [0.2, 0.25) is 11.7 Å². The Balaban J connectivity index is 1.70. The summed E-state index contributed by atoms with van der Waals surface area (Å²) < 4.78 is 0. The molecule has 0 unspecified atom stereocenters. The molecule has 3 amide bonds. The quantitative estimate of drug-likeness (QED) is 0.0873. The number of amidine groups is 1. The highest BCUT2D eigenvalue weighted by Crippen LogP contribution is 2.36. The minimum Gasteiger partial charge on any atom is -0.502 e. The van der Waals surface area contributed by atoms with E-state index in [2.05, 4.69) is 16.9 Å². The summed E-state index contributed by atoms with van der Waals surface area (Å²) in [4.78, 5) is 66.3. The largest absolute Gasteiger partial charge is 0.502 e. The van der Waals surface area contributed by atoms with Gasteiger partial charge in [-0.15, -0.1) is 0 Å². The molecule has 4 rings (SSSR count). The van der Waals surface area contributed by atoms with Crippen LogP contribution in [-0.4, -0.2) is 48.5 Å². The lowest BCUT2D eigenvalue weighted by atomic mass is 9.99. The number of phenolic OH excluding ortho intramolecular Hbond substituents is 1. The van der Waals surface area contributed by atoms with Crippen LogP contribution < -0.4 is 5.32 Å². The number of allylic oxidation sites excluding steroid dienone is 4. The Bertz CT molecular complexity index is 1830. The Kier molecular flexibility index (Phi) is 10.9. The molecule has 0 fully saturated rings. The van der Waals surface area contributed by atoms with Gasteiger partial charge >= 0.3 is 5.69 Å². The number of thioether (sulfide) groups is 1. The molecule has 0 aliphatic carbocycles. The van der Waals surface area contributed by atoms with Crippen molar-refractivity contribution in [3.05, 3.63) is 152 Å². The third-order valence-electron chi connectivity index (χ3n) is 6.72. The molecule has 2 N–H and O–H groups in total. The molecule has 0 saturated carbocycles. The molecule has 14 heteroatoms. The second-order valence-electron chi connectivity index (χ2n) is 9.73. The molecular formula is C33H27N5O8S. The van der Waals surface area contributed by atoms with Gasteiger partial charge in [-0.3, -0.25) is 39.5 Å². The van der Waals surface area contributed by atoms with E-state index in [0.717, 1.165) is 39.9 Å². The fourth-order valence-electron chi connectivity index (χ4n) is 4.53. The second-order valence-corrected chi connectivity index (χ2v) is 10.7. The number of nitrogens with zero attached hydrogens (tertiary/aromatic N) is 4. The molecular weight excluding hydrogens is 626 g/mol. The Morgan fingerprint density at radius 1 is 1.04 bits per heavy atom. The third-order valence-corrected chi connectivity index (χ3v) is 7.66. The molecule has 1 heterocycles. The summed E-state index contributed by atoms with van der Waals surface area (Å²) in [7, 11) is 0. The number of nitrogens with one attached hydrogen (secondary N) is 1. The van der Waals surface area contributed by atoms with Gasteiger partial charge in [-0.1, -0.05) is 97.2 Å². The summed E-state index contributed by atoms with van der Waals surface area (Å²) in [5.41, 5.74) is -0.967. The number of aliphatic imine (C=N–C) groups is 1. The number of non-ortho nitro benzene ring substituents is 1. The fourth-order valence-corrected chi connectivity index (χ4v) is 5.34. The molecule has 0 aromatic heterocycles. The number of carbonyl (C=O) groups is 3. The summed E-state index contributed by atoms with van der Waals surface area (Å²) in [5, 5.41) is 36.1. The number of nitro groups is 2. The Hall–Kier alpha value is -6.15. The van der Waals surface area contributed by atoms with Crippen molar-refractivity contribution in [1.82, 2.24) is 10.2 Å².